The standard InChI is InChI=1S/C33H38N4O3S/c1-6-37-28-12-11-24(19-27(28)22(2)30(38)33(4,5)32(37)40)13-15-35(20-29-23(3)34-21-41-29)17-18-36-16-14-25-9-7-8-10-26(25)31(36)39/h7-12,14,16,19,21-22H,6,13,15,17-18,20H2,1-5H3. The summed E-state index contributed by atoms with van der Waals surface area (Å²) in [5.74, 6) is -0.547. The molecule has 4 aromatic rings. The average molecular weight is 571 g/mol. The van der Waals surface area contributed by atoms with Gasteiger partial charge in [0.2, 0.25) is 5.91 Å². The van der Waals surface area contributed by atoms with Gasteiger partial charge in [0.1, 0.15) is 5.41 Å². The van der Waals surface area contributed by atoms with E-state index in [0.29, 0.717) is 19.6 Å². The third-order valence-electron chi connectivity index (χ3n) is 8.43. The number of pyridine rings is 1. The van der Waals surface area contributed by atoms with Crippen LogP contribution >= 0.6 is 11.3 Å². The molecule has 1 aliphatic heterocycles. The van der Waals surface area contributed by atoms with Gasteiger partial charge in [0, 0.05) is 60.8 Å². The van der Waals surface area contributed by atoms with Gasteiger partial charge in [-0.1, -0.05) is 37.3 Å². The first-order chi connectivity index (χ1) is 19.6. The second kappa shape index (κ2) is 11.7. The zero-order chi connectivity index (χ0) is 29.3. The number of hydrogen-bond acceptors (Lipinski definition) is 6. The lowest BCUT2D eigenvalue weighted by Gasteiger charge is -2.27. The maximum absolute atomic E-state index is 13.3. The molecule has 41 heavy (non-hydrogen) atoms. The fourth-order valence-electron chi connectivity index (χ4n) is 5.79. The van der Waals surface area contributed by atoms with E-state index in [1.807, 2.05) is 68.9 Å². The Balaban J connectivity index is 1.38. The molecule has 0 saturated carbocycles. The van der Waals surface area contributed by atoms with Gasteiger partial charge in [-0.2, -0.15) is 0 Å². The Kier molecular flexibility index (Phi) is 8.25. The van der Waals surface area contributed by atoms with E-state index in [2.05, 4.69) is 22.0 Å². The first-order valence-electron chi connectivity index (χ1n) is 14.3. The highest BCUT2D eigenvalue weighted by atomic mass is 32.1. The summed E-state index contributed by atoms with van der Waals surface area (Å²) < 4.78 is 1.79. The van der Waals surface area contributed by atoms with E-state index in [-0.39, 0.29) is 23.2 Å². The summed E-state index contributed by atoms with van der Waals surface area (Å²) in [7, 11) is 0. The number of benzene rings is 2. The number of nitrogens with zero attached hydrogens (tertiary/aromatic N) is 4. The van der Waals surface area contributed by atoms with Gasteiger partial charge in [-0.05, 0) is 68.8 Å². The third-order valence-corrected chi connectivity index (χ3v) is 9.35. The van der Waals surface area contributed by atoms with Crippen LogP contribution in [0.4, 0.5) is 5.69 Å². The van der Waals surface area contributed by atoms with E-state index in [1.54, 1.807) is 34.7 Å². The number of thiazole rings is 1. The molecule has 214 valence electrons. The van der Waals surface area contributed by atoms with E-state index >= 15 is 0 Å². The topological polar surface area (TPSA) is 75.5 Å². The molecule has 1 aliphatic rings. The number of amides is 1. The highest BCUT2D eigenvalue weighted by Crippen LogP contribution is 2.40. The molecule has 0 spiro atoms. The van der Waals surface area contributed by atoms with Crippen molar-refractivity contribution in [1.29, 1.82) is 0 Å². The highest BCUT2D eigenvalue weighted by molar-refractivity contribution is 7.09. The number of anilines is 1. The lowest BCUT2D eigenvalue weighted by molar-refractivity contribution is -0.138. The number of Topliss-reactive ketones (excluding diaryl/α,β-unsaturated/α-hetero) is 1. The van der Waals surface area contributed by atoms with Crippen LogP contribution in [0.5, 0.6) is 0 Å². The molecule has 8 heteroatoms. The fraction of sp³-hybridized carbons (Fsp3) is 0.394. The quantitative estimate of drug-likeness (QED) is 0.246. The van der Waals surface area contributed by atoms with Gasteiger partial charge in [-0.3, -0.25) is 19.3 Å². The maximum atomic E-state index is 13.3. The van der Waals surface area contributed by atoms with Crippen LogP contribution < -0.4 is 10.5 Å². The second-order valence-electron chi connectivity index (χ2n) is 11.4. The van der Waals surface area contributed by atoms with Crippen molar-refractivity contribution in [3.8, 4) is 0 Å². The summed E-state index contributed by atoms with van der Waals surface area (Å²) in [4.78, 5) is 49.5. The molecule has 1 amide bonds. The maximum Gasteiger partial charge on any atom is 0.258 e. The van der Waals surface area contributed by atoms with Crippen molar-refractivity contribution in [2.45, 2.75) is 60.0 Å². The highest BCUT2D eigenvalue weighted by Gasteiger charge is 2.45. The van der Waals surface area contributed by atoms with Crippen LogP contribution in [0.15, 0.2) is 65.0 Å². The molecular formula is C33H38N4O3S. The normalized spacial score (nSPS) is 16.8. The van der Waals surface area contributed by atoms with Crippen molar-refractivity contribution in [3.63, 3.8) is 0 Å². The van der Waals surface area contributed by atoms with Crippen LogP contribution in [0.25, 0.3) is 10.8 Å². The second-order valence-corrected chi connectivity index (χ2v) is 12.4. The summed E-state index contributed by atoms with van der Waals surface area (Å²) in [6.45, 7) is 12.7. The first-order valence-corrected chi connectivity index (χ1v) is 15.2. The molecular weight excluding hydrogens is 532 g/mol. The van der Waals surface area contributed by atoms with Crippen LogP contribution in [0.3, 0.4) is 0 Å². The lowest BCUT2D eigenvalue weighted by Crippen LogP contribution is -2.44. The van der Waals surface area contributed by atoms with E-state index in [4.69, 9.17) is 0 Å². The van der Waals surface area contributed by atoms with Gasteiger partial charge in [0.25, 0.3) is 5.56 Å². The Bertz CT molecular complexity index is 1650. The number of aryl methyl sites for hydroxylation is 1. The molecule has 5 rings (SSSR count). The Morgan fingerprint density at radius 1 is 1.05 bits per heavy atom. The number of fused-ring (bicyclic) bond motifs is 2. The molecule has 1 unspecified atom stereocenters. The summed E-state index contributed by atoms with van der Waals surface area (Å²) in [5.41, 5.74) is 4.76. The van der Waals surface area contributed by atoms with Crippen molar-refractivity contribution < 1.29 is 9.59 Å². The minimum absolute atomic E-state index is 0.0272. The van der Waals surface area contributed by atoms with E-state index in [0.717, 1.165) is 52.8 Å². The van der Waals surface area contributed by atoms with Crippen LogP contribution in [-0.2, 0) is 29.1 Å². The summed E-state index contributed by atoms with van der Waals surface area (Å²) in [6, 6.07) is 15.9. The fourth-order valence-corrected chi connectivity index (χ4v) is 6.61. The number of carbonyl (C=O) groups excluding carboxylic acids is 2. The molecule has 0 N–H and O–H groups in total. The molecule has 0 aliphatic carbocycles. The Labute approximate surface area is 245 Å². The van der Waals surface area contributed by atoms with Crippen LogP contribution in [0, 0.1) is 12.3 Å². The number of ketones is 1. The van der Waals surface area contributed by atoms with Crippen molar-refractivity contribution in [2.75, 3.05) is 24.5 Å². The monoisotopic (exact) mass is 570 g/mol. The van der Waals surface area contributed by atoms with Gasteiger partial charge in [-0.15, -0.1) is 11.3 Å². The minimum atomic E-state index is -1.06. The molecule has 0 fully saturated rings. The van der Waals surface area contributed by atoms with Gasteiger partial charge >= 0.3 is 0 Å². The minimum Gasteiger partial charge on any atom is -0.314 e. The largest absolute Gasteiger partial charge is 0.314 e. The molecule has 0 bridgehead atoms. The van der Waals surface area contributed by atoms with E-state index < -0.39 is 5.41 Å². The number of hydrogen-bond donors (Lipinski definition) is 0. The first kappa shape index (κ1) is 28.9. The zero-order valence-corrected chi connectivity index (χ0v) is 25.3. The van der Waals surface area contributed by atoms with Crippen molar-refractivity contribution >= 4 is 39.5 Å². The number of aromatic nitrogens is 2. The molecule has 2 aromatic heterocycles. The van der Waals surface area contributed by atoms with Crippen molar-refractivity contribution in [3.05, 3.63) is 92.3 Å². The summed E-state index contributed by atoms with van der Waals surface area (Å²) >= 11 is 1.65. The van der Waals surface area contributed by atoms with Crippen LogP contribution in [0.1, 0.15) is 55.3 Å². The molecule has 0 radical (unpaired) electrons. The third kappa shape index (κ3) is 5.63. The molecule has 7 nitrogen and oxygen atoms in total. The lowest BCUT2D eigenvalue weighted by atomic mass is 9.79. The molecule has 0 saturated heterocycles. The molecule has 3 heterocycles. The Morgan fingerprint density at radius 2 is 1.83 bits per heavy atom. The predicted molar refractivity (Wildman–Crippen MR) is 166 cm³/mol. The average Bonchev–Trinajstić information content (AvgIpc) is 3.37. The van der Waals surface area contributed by atoms with E-state index in [1.165, 1.54) is 4.88 Å². The Morgan fingerprint density at radius 3 is 2.56 bits per heavy atom. The van der Waals surface area contributed by atoms with Gasteiger partial charge in [0.05, 0.1) is 11.2 Å². The summed E-state index contributed by atoms with van der Waals surface area (Å²) in [6.07, 6.45) is 2.66. The number of rotatable bonds is 9. The van der Waals surface area contributed by atoms with Gasteiger partial charge in [-0.25, -0.2) is 4.98 Å². The van der Waals surface area contributed by atoms with Gasteiger partial charge < -0.3 is 9.47 Å². The molecule has 1 atom stereocenters. The van der Waals surface area contributed by atoms with E-state index in [9.17, 15) is 14.4 Å². The zero-order valence-electron chi connectivity index (χ0n) is 24.5. The Hall–Kier alpha value is -3.62. The van der Waals surface area contributed by atoms with Crippen molar-refractivity contribution in [2.24, 2.45) is 5.41 Å². The van der Waals surface area contributed by atoms with Gasteiger partial charge in [0.15, 0.2) is 5.78 Å². The SMILES string of the molecule is CCN1C(=O)C(C)(C)C(=O)C(C)c2cc(CCN(CCn3ccc4ccccc4c3=O)Cc3scnc3C)ccc21. The predicted octanol–water partition coefficient (Wildman–Crippen LogP) is 5.58. The smallest absolute Gasteiger partial charge is 0.258 e. The van der Waals surface area contributed by atoms with Crippen LogP contribution in [-0.4, -0.2) is 45.8 Å². The molecule has 2 aromatic carbocycles. The van der Waals surface area contributed by atoms with Crippen molar-refractivity contribution in [1.82, 2.24) is 14.5 Å². The summed E-state index contributed by atoms with van der Waals surface area (Å²) in [5, 5.41) is 1.69. The number of carbonyl (C=O) groups is 2. The van der Waals surface area contributed by atoms with Crippen LogP contribution in [0.2, 0.25) is 0 Å².